The Bertz CT molecular complexity index is 772. The molecule has 1 N–H and O–H groups in total. The molecule has 0 bridgehead atoms. The van der Waals surface area contributed by atoms with Crippen LogP contribution in [0, 0.1) is 16.4 Å². The van der Waals surface area contributed by atoms with Gasteiger partial charge in [-0.1, -0.05) is 6.07 Å². The molecule has 90 valence electrons. The van der Waals surface area contributed by atoms with Crippen LogP contribution < -0.4 is 0 Å². The lowest BCUT2D eigenvalue weighted by Crippen LogP contribution is -1.93. The molecule has 0 saturated heterocycles. The number of fused-ring (bicyclic) bond motifs is 1. The van der Waals surface area contributed by atoms with Gasteiger partial charge in [-0.05, 0) is 48.6 Å². The van der Waals surface area contributed by atoms with Gasteiger partial charge in [0.2, 0.25) is 0 Å². The summed E-state index contributed by atoms with van der Waals surface area (Å²) in [5.74, 6) is -0.684. The van der Waals surface area contributed by atoms with Gasteiger partial charge in [0.05, 0.1) is 5.52 Å². The first-order valence-electron chi connectivity index (χ1n) is 5.32. The number of aromatic nitrogens is 2. The summed E-state index contributed by atoms with van der Waals surface area (Å²) in [4.78, 5) is 2.82. The molecule has 0 atom stereocenters. The molecule has 0 amide bonds. The number of H-pyrrole nitrogens is 1. The molecule has 0 aliphatic rings. The Morgan fingerprint density at radius 2 is 1.72 bits per heavy atom. The number of imidazole rings is 1. The van der Waals surface area contributed by atoms with E-state index in [-0.39, 0.29) is 11.6 Å². The van der Waals surface area contributed by atoms with Crippen LogP contribution in [0.1, 0.15) is 0 Å². The van der Waals surface area contributed by atoms with Crippen LogP contribution in [-0.4, -0.2) is 9.55 Å². The highest BCUT2D eigenvalue weighted by Crippen LogP contribution is 2.21. The van der Waals surface area contributed by atoms with Crippen LogP contribution in [0.25, 0.3) is 16.7 Å². The minimum atomic E-state index is -0.362. The van der Waals surface area contributed by atoms with Crippen molar-refractivity contribution >= 4 is 23.3 Å². The van der Waals surface area contributed by atoms with Crippen LogP contribution in [-0.2, 0) is 0 Å². The topological polar surface area (TPSA) is 20.7 Å². The second-order valence-electron chi connectivity index (χ2n) is 3.88. The third kappa shape index (κ3) is 1.64. The fourth-order valence-corrected chi connectivity index (χ4v) is 2.25. The van der Waals surface area contributed by atoms with Crippen LogP contribution in [0.5, 0.6) is 0 Å². The number of halogens is 2. The fourth-order valence-electron chi connectivity index (χ4n) is 1.94. The molecule has 0 radical (unpaired) electrons. The number of hydrogen-bond donors (Lipinski definition) is 1. The van der Waals surface area contributed by atoms with Crippen molar-refractivity contribution in [1.82, 2.24) is 9.55 Å². The van der Waals surface area contributed by atoms with Crippen molar-refractivity contribution in [2.24, 2.45) is 0 Å². The Morgan fingerprint density at radius 3 is 2.44 bits per heavy atom. The predicted molar refractivity (Wildman–Crippen MR) is 68.4 cm³/mol. The molecule has 3 rings (SSSR count). The van der Waals surface area contributed by atoms with E-state index in [1.54, 1.807) is 28.8 Å². The second-order valence-corrected chi connectivity index (χ2v) is 4.26. The summed E-state index contributed by atoms with van der Waals surface area (Å²) in [6.07, 6.45) is 0. The highest BCUT2D eigenvalue weighted by atomic mass is 32.1. The summed E-state index contributed by atoms with van der Waals surface area (Å²) in [7, 11) is 0. The smallest absolute Gasteiger partial charge is 0.182 e. The molecule has 1 aromatic heterocycles. The van der Waals surface area contributed by atoms with E-state index in [9.17, 15) is 8.78 Å². The highest BCUT2D eigenvalue weighted by molar-refractivity contribution is 7.71. The number of nitrogens with zero attached hydrogens (tertiary/aromatic N) is 1. The Balaban J connectivity index is 2.35. The monoisotopic (exact) mass is 262 g/mol. The van der Waals surface area contributed by atoms with E-state index in [1.807, 2.05) is 0 Å². The quantitative estimate of drug-likeness (QED) is 0.658. The van der Waals surface area contributed by atoms with E-state index >= 15 is 0 Å². The highest BCUT2D eigenvalue weighted by Gasteiger charge is 2.09. The maximum absolute atomic E-state index is 13.6. The van der Waals surface area contributed by atoms with Gasteiger partial charge in [-0.15, -0.1) is 0 Å². The van der Waals surface area contributed by atoms with Crippen molar-refractivity contribution in [3.8, 4) is 5.69 Å². The maximum Gasteiger partial charge on any atom is 0.182 e. The number of benzene rings is 2. The van der Waals surface area contributed by atoms with E-state index in [1.165, 1.54) is 18.2 Å². The minimum absolute atomic E-state index is 0.323. The lowest BCUT2D eigenvalue weighted by Gasteiger charge is -2.04. The molecule has 0 aliphatic heterocycles. The molecule has 2 aromatic carbocycles. The van der Waals surface area contributed by atoms with Gasteiger partial charge in [-0.25, -0.2) is 8.78 Å². The maximum atomic E-state index is 13.6. The van der Waals surface area contributed by atoms with Crippen LogP contribution in [0.2, 0.25) is 0 Å². The van der Waals surface area contributed by atoms with Gasteiger partial charge in [-0.2, -0.15) is 0 Å². The van der Waals surface area contributed by atoms with Gasteiger partial charge in [-0.3, -0.25) is 4.57 Å². The normalized spacial score (nSPS) is 11.0. The van der Waals surface area contributed by atoms with Crippen molar-refractivity contribution in [3.05, 3.63) is 58.9 Å². The van der Waals surface area contributed by atoms with Crippen LogP contribution in [0.4, 0.5) is 8.78 Å². The van der Waals surface area contributed by atoms with Gasteiger partial charge in [0.15, 0.2) is 4.77 Å². The van der Waals surface area contributed by atoms with Gasteiger partial charge in [0.1, 0.15) is 17.2 Å². The van der Waals surface area contributed by atoms with E-state index in [0.29, 0.717) is 21.5 Å². The molecule has 0 aliphatic carbocycles. The van der Waals surface area contributed by atoms with E-state index in [4.69, 9.17) is 12.2 Å². The van der Waals surface area contributed by atoms with Gasteiger partial charge in [0.25, 0.3) is 0 Å². The minimum Gasteiger partial charge on any atom is -0.328 e. The van der Waals surface area contributed by atoms with E-state index in [0.717, 1.165) is 0 Å². The van der Waals surface area contributed by atoms with Crippen molar-refractivity contribution in [2.75, 3.05) is 0 Å². The van der Waals surface area contributed by atoms with Crippen molar-refractivity contribution in [1.29, 1.82) is 0 Å². The summed E-state index contributed by atoms with van der Waals surface area (Å²) in [5, 5.41) is 0. The van der Waals surface area contributed by atoms with Crippen LogP contribution in [0.15, 0.2) is 42.5 Å². The fraction of sp³-hybridized carbons (Fsp3) is 0. The third-order valence-electron chi connectivity index (χ3n) is 2.75. The van der Waals surface area contributed by atoms with Crippen LogP contribution >= 0.6 is 12.2 Å². The molecule has 0 unspecified atom stereocenters. The Hall–Kier alpha value is -2.01. The van der Waals surface area contributed by atoms with Crippen molar-refractivity contribution in [3.63, 3.8) is 0 Å². The van der Waals surface area contributed by atoms with E-state index in [2.05, 4.69) is 4.98 Å². The zero-order valence-electron chi connectivity index (χ0n) is 9.15. The van der Waals surface area contributed by atoms with Gasteiger partial charge in [0, 0.05) is 5.69 Å². The Kier molecular flexibility index (Phi) is 2.48. The average molecular weight is 262 g/mol. The first-order chi connectivity index (χ1) is 8.66. The number of nitrogens with one attached hydrogen (secondary N) is 1. The predicted octanol–water partition coefficient (Wildman–Crippen LogP) is 3.97. The molecule has 3 aromatic rings. The number of rotatable bonds is 1. The number of hydrogen-bond acceptors (Lipinski definition) is 1. The third-order valence-corrected chi connectivity index (χ3v) is 3.04. The van der Waals surface area contributed by atoms with Gasteiger partial charge >= 0.3 is 0 Å². The summed E-state index contributed by atoms with van der Waals surface area (Å²) in [5.41, 5.74) is 1.68. The Labute approximate surface area is 106 Å². The molecule has 5 heteroatoms. The first kappa shape index (κ1) is 11.1. The molecule has 0 saturated carbocycles. The standard InChI is InChI=1S/C13H8F2N2S/c14-8-4-6-9(7-5-8)17-11-3-1-2-10(15)12(11)16-13(17)18/h1-7H,(H,16,18). The van der Waals surface area contributed by atoms with Crippen molar-refractivity contribution < 1.29 is 8.78 Å². The molecule has 0 spiro atoms. The summed E-state index contributed by atoms with van der Waals surface area (Å²) in [6.45, 7) is 0. The SMILES string of the molecule is Fc1ccc(-n2c(=S)[nH]c3c(F)cccc32)cc1. The molecule has 2 nitrogen and oxygen atoms in total. The average Bonchev–Trinajstić information content (AvgIpc) is 2.69. The van der Waals surface area contributed by atoms with E-state index < -0.39 is 0 Å². The summed E-state index contributed by atoms with van der Waals surface area (Å²) >= 11 is 5.17. The second kappa shape index (κ2) is 4.03. The number of aromatic amines is 1. The molecule has 0 fully saturated rings. The Morgan fingerprint density at radius 1 is 1.00 bits per heavy atom. The summed E-state index contributed by atoms with van der Waals surface area (Å²) in [6, 6.07) is 10.6. The molecular weight excluding hydrogens is 254 g/mol. The number of para-hydroxylation sites is 1. The van der Waals surface area contributed by atoms with Crippen LogP contribution in [0.3, 0.4) is 0 Å². The zero-order valence-corrected chi connectivity index (χ0v) is 9.97. The lowest BCUT2D eigenvalue weighted by molar-refractivity contribution is 0.627. The molecule has 18 heavy (non-hydrogen) atoms. The first-order valence-corrected chi connectivity index (χ1v) is 5.73. The zero-order chi connectivity index (χ0) is 12.7. The largest absolute Gasteiger partial charge is 0.328 e. The van der Waals surface area contributed by atoms with Gasteiger partial charge < -0.3 is 4.98 Å². The molecular formula is C13H8F2N2S. The summed E-state index contributed by atoms with van der Waals surface area (Å²) < 4.78 is 28.6. The molecule has 1 heterocycles. The lowest BCUT2D eigenvalue weighted by atomic mass is 10.2. The van der Waals surface area contributed by atoms with Crippen molar-refractivity contribution in [2.45, 2.75) is 0 Å².